The van der Waals surface area contributed by atoms with Crippen molar-refractivity contribution in [1.29, 1.82) is 0 Å². The quantitative estimate of drug-likeness (QED) is 0.847. The molecule has 1 aromatic carbocycles. The standard InChI is InChI=1S/C13H22N2O/c1-13(2,15(3)4)12(14)10-8-6-7-9-11(10)16-5/h6-9,12H,14H2,1-5H3. The lowest BCUT2D eigenvalue weighted by molar-refractivity contribution is 0.157. The van der Waals surface area contributed by atoms with Crippen LogP contribution in [0.15, 0.2) is 24.3 Å². The van der Waals surface area contributed by atoms with E-state index in [1.807, 2.05) is 38.4 Å². The monoisotopic (exact) mass is 222 g/mol. The van der Waals surface area contributed by atoms with Crippen molar-refractivity contribution >= 4 is 0 Å². The van der Waals surface area contributed by atoms with Gasteiger partial charge in [0.15, 0.2) is 0 Å². The molecule has 0 heterocycles. The molecule has 3 heteroatoms. The van der Waals surface area contributed by atoms with Crippen LogP contribution in [-0.4, -0.2) is 31.6 Å². The molecule has 0 spiro atoms. The second-order valence-corrected chi connectivity index (χ2v) is 4.77. The third-order valence-corrected chi connectivity index (χ3v) is 3.39. The Kier molecular flexibility index (Phi) is 3.94. The van der Waals surface area contributed by atoms with Crippen molar-refractivity contribution in [3.63, 3.8) is 0 Å². The Hall–Kier alpha value is -1.06. The van der Waals surface area contributed by atoms with E-state index in [1.165, 1.54) is 0 Å². The molecule has 0 amide bonds. The fraction of sp³-hybridized carbons (Fsp3) is 0.538. The van der Waals surface area contributed by atoms with E-state index in [9.17, 15) is 0 Å². The highest BCUT2D eigenvalue weighted by Gasteiger charge is 2.31. The third-order valence-electron chi connectivity index (χ3n) is 3.39. The van der Waals surface area contributed by atoms with E-state index in [0.29, 0.717) is 0 Å². The molecular formula is C13H22N2O. The van der Waals surface area contributed by atoms with E-state index in [1.54, 1.807) is 7.11 Å². The number of methoxy groups -OCH3 is 1. The molecule has 0 saturated heterocycles. The molecular weight excluding hydrogens is 200 g/mol. The van der Waals surface area contributed by atoms with Crippen LogP contribution in [0.4, 0.5) is 0 Å². The summed E-state index contributed by atoms with van der Waals surface area (Å²) in [7, 11) is 5.75. The van der Waals surface area contributed by atoms with Gasteiger partial charge in [-0.15, -0.1) is 0 Å². The van der Waals surface area contributed by atoms with Gasteiger partial charge < -0.3 is 15.4 Å². The number of hydrogen-bond acceptors (Lipinski definition) is 3. The van der Waals surface area contributed by atoms with Crippen LogP contribution >= 0.6 is 0 Å². The molecule has 0 saturated carbocycles. The summed E-state index contributed by atoms with van der Waals surface area (Å²) in [4.78, 5) is 2.13. The summed E-state index contributed by atoms with van der Waals surface area (Å²) < 4.78 is 5.34. The minimum Gasteiger partial charge on any atom is -0.496 e. The Morgan fingerprint density at radius 3 is 2.31 bits per heavy atom. The van der Waals surface area contributed by atoms with Gasteiger partial charge in [0.25, 0.3) is 0 Å². The topological polar surface area (TPSA) is 38.5 Å². The first kappa shape index (κ1) is 13.0. The summed E-state index contributed by atoms with van der Waals surface area (Å²) in [6, 6.07) is 7.83. The average molecular weight is 222 g/mol. The fourth-order valence-corrected chi connectivity index (χ4v) is 1.58. The molecule has 0 aliphatic carbocycles. The molecule has 90 valence electrons. The van der Waals surface area contributed by atoms with Gasteiger partial charge in [-0.1, -0.05) is 18.2 Å². The predicted octanol–water partition coefficient (Wildman–Crippen LogP) is 2.04. The second kappa shape index (κ2) is 4.85. The lowest BCUT2D eigenvalue weighted by Gasteiger charge is -2.38. The highest BCUT2D eigenvalue weighted by Crippen LogP contribution is 2.32. The van der Waals surface area contributed by atoms with Crippen molar-refractivity contribution in [2.75, 3.05) is 21.2 Å². The number of likely N-dealkylation sites (N-methyl/N-ethyl adjacent to an activating group) is 1. The van der Waals surface area contributed by atoms with E-state index in [4.69, 9.17) is 10.5 Å². The number of benzene rings is 1. The molecule has 1 rings (SSSR count). The van der Waals surface area contributed by atoms with E-state index in [2.05, 4.69) is 18.7 Å². The first-order valence-corrected chi connectivity index (χ1v) is 5.47. The number of hydrogen-bond donors (Lipinski definition) is 1. The molecule has 2 N–H and O–H groups in total. The van der Waals surface area contributed by atoms with Gasteiger partial charge in [-0.2, -0.15) is 0 Å². The van der Waals surface area contributed by atoms with Crippen molar-refractivity contribution in [3.8, 4) is 5.75 Å². The summed E-state index contributed by atoms with van der Waals surface area (Å²) >= 11 is 0. The van der Waals surface area contributed by atoms with Crippen LogP contribution in [0.3, 0.4) is 0 Å². The predicted molar refractivity (Wildman–Crippen MR) is 67.7 cm³/mol. The highest BCUT2D eigenvalue weighted by atomic mass is 16.5. The Morgan fingerprint density at radius 2 is 1.81 bits per heavy atom. The number of para-hydroxylation sites is 1. The van der Waals surface area contributed by atoms with Gasteiger partial charge in [0, 0.05) is 11.1 Å². The van der Waals surface area contributed by atoms with Gasteiger partial charge in [-0.3, -0.25) is 0 Å². The van der Waals surface area contributed by atoms with Crippen molar-refractivity contribution < 1.29 is 4.74 Å². The van der Waals surface area contributed by atoms with E-state index in [0.717, 1.165) is 11.3 Å². The van der Waals surface area contributed by atoms with E-state index in [-0.39, 0.29) is 11.6 Å². The second-order valence-electron chi connectivity index (χ2n) is 4.77. The van der Waals surface area contributed by atoms with Crippen LogP contribution in [-0.2, 0) is 0 Å². The van der Waals surface area contributed by atoms with Crippen LogP contribution in [0.25, 0.3) is 0 Å². The normalized spacial score (nSPS) is 13.9. The molecule has 0 fully saturated rings. The van der Waals surface area contributed by atoms with Gasteiger partial charge in [0.1, 0.15) is 5.75 Å². The van der Waals surface area contributed by atoms with Crippen LogP contribution in [0, 0.1) is 0 Å². The Labute approximate surface area is 98.2 Å². The summed E-state index contributed by atoms with van der Waals surface area (Å²) in [5, 5.41) is 0. The minimum absolute atomic E-state index is 0.0846. The van der Waals surface area contributed by atoms with Gasteiger partial charge in [-0.05, 0) is 34.0 Å². The number of nitrogens with two attached hydrogens (primary N) is 1. The third kappa shape index (κ3) is 2.36. The number of ether oxygens (including phenoxy) is 1. The maximum Gasteiger partial charge on any atom is 0.123 e. The zero-order valence-electron chi connectivity index (χ0n) is 10.8. The maximum atomic E-state index is 6.33. The van der Waals surface area contributed by atoms with Gasteiger partial charge in [0.05, 0.1) is 13.2 Å². The summed E-state index contributed by atoms with van der Waals surface area (Å²) in [6.45, 7) is 4.26. The molecule has 0 aliphatic rings. The molecule has 1 aromatic rings. The minimum atomic E-state index is -0.116. The van der Waals surface area contributed by atoms with Crippen LogP contribution in [0.2, 0.25) is 0 Å². The summed E-state index contributed by atoms with van der Waals surface area (Å²) in [5.74, 6) is 0.852. The van der Waals surface area contributed by atoms with Gasteiger partial charge in [-0.25, -0.2) is 0 Å². The number of nitrogens with zero attached hydrogens (tertiary/aromatic N) is 1. The van der Waals surface area contributed by atoms with Crippen molar-refractivity contribution in [3.05, 3.63) is 29.8 Å². The first-order valence-electron chi connectivity index (χ1n) is 5.47. The molecule has 0 bridgehead atoms. The largest absolute Gasteiger partial charge is 0.496 e. The molecule has 16 heavy (non-hydrogen) atoms. The van der Waals surface area contributed by atoms with Crippen LogP contribution in [0.5, 0.6) is 5.75 Å². The first-order chi connectivity index (χ1) is 7.41. The lowest BCUT2D eigenvalue weighted by Crippen LogP contribution is -2.47. The Bertz CT molecular complexity index is 348. The van der Waals surface area contributed by atoms with Crippen molar-refractivity contribution in [1.82, 2.24) is 4.90 Å². The fourth-order valence-electron chi connectivity index (χ4n) is 1.58. The smallest absolute Gasteiger partial charge is 0.123 e. The lowest BCUT2D eigenvalue weighted by atomic mass is 9.88. The maximum absolute atomic E-state index is 6.33. The van der Waals surface area contributed by atoms with Crippen LogP contribution in [0.1, 0.15) is 25.5 Å². The number of rotatable bonds is 4. The van der Waals surface area contributed by atoms with Crippen molar-refractivity contribution in [2.45, 2.75) is 25.4 Å². The zero-order chi connectivity index (χ0) is 12.3. The molecule has 1 unspecified atom stereocenters. The van der Waals surface area contributed by atoms with E-state index < -0.39 is 0 Å². The van der Waals surface area contributed by atoms with Gasteiger partial charge in [0.2, 0.25) is 0 Å². The average Bonchev–Trinajstić information content (AvgIpc) is 2.27. The van der Waals surface area contributed by atoms with Crippen LogP contribution < -0.4 is 10.5 Å². The summed E-state index contributed by atoms with van der Waals surface area (Å²) in [5.41, 5.74) is 7.26. The zero-order valence-corrected chi connectivity index (χ0v) is 10.8. The molecule has 0 aromatic heterocycles. The van der Waals surface area contributed by atoms with Crippen molar-refractivity contribution in [2.24, 2.45) is 5.73 Å². The molecule has 0 radical (unpaired) electrons. The highest BCUT2D eigenvalue weighted by molar-refractivity contribution is 5.37. The van der Waals surface area contributed by atoms with Gasteiger partial charge >= 0.3 is 0 Å². The summed E-state index contributed by atoms with van der Waals surface area (Å²) in [6.07, 6.45) is 0. The molecule has 3 nitrogen and oxygen atoms in total. The Balaban J connectivity index is 3.09. The molecule has 1 atom stereocenters. The SMILES string of the molecule is COc1ccccc1C(N)C(C)(C)N(C)C. The van der Waals surface area contributed by atoms with E-state index >= 15 is 0 Å². The Morgan fingerprint density at radius 1 is 1.25 bits per heavy atom. The molecule has 0 aliphatic heterocycles.